The Bertz CT molecular complexity index is 1230. The second-order valence-electron chi connectivity index (χ2n) is 9.17. The first-order valence-corrected chi connectivity index (χ1v) is 12.1. The molecule has 3 amide bonds. The minimum Gasteiger partial charge on any atom is -0.363 e. The Morgan fingerprint density at radius 2 is 1.35 bits per heavy atom. The molecule has 0 aliphatic heterocycles. The molecule has 0 saturated carbocycles. The van der Waals surface area contributed by atoms with Crippen LogP contribution in [0.2, 0.25) is 0 Å². The molecule has 2 atom stereocenters. The maximum atomic E-state index is 13.3. The fourth-order valence-corrected chi connectivity index (χ4v) is 3.91. The summed E-state index contributed by atoms with van der Waals surface area (Å²) in [6, 6.07) is 23.3. The summed E-state index contributed by atoms with van der Waals surface area (Å²) < 4.78 is 0. The van der Waals surface area contributed by atoms with Crippen molar-refractivity contribution in [2.24, 2.45) is 11.7 Å². The van der Waals surface area contributed by atoms with Crippen molar-refractivity contribution in [1.29, 1.82) is 0 Å². The van der Waals surface area contributed by atoms with E-state index < -0.39 is 35.6 Å². The van der Waals surface area contributed by atoms with Gasteiger partial charge in [0.1, 0.15) is 12.1 Å². The molecule has 0 spiro atoms. The summed E-state index contributed by atoms with van der Waals surface area (Å²) in [6.07, 6.45) is 0.426. The van der Waals surface area contributed by atoms with Crippen molar-refractivity contribution in [3.8, 4) is 0 Å². The van der Waals surface area contributed by atoms with Crippen LogP contribution in [0.25, 0.3) is 0 Å². The molecule has 3 aromatic rings. The molecule has 3 rings (SSSR count). The maximum absolute atomic E-state index is 13.3. The number of amides is 3. The first-order valence-electron chi connectivity index (χ1n) is 12.1. The van der Waals surface area contributed by atoms with Gasteiger partial charge in [0.05, 0.1) is 11.3 Å². The second kappa shape index (κ2) is 13.0. The number of benzene rings is 3. The van der Waals surface area contributed by atoms with Gasteiger partial charge in [-0.1, -0.05) is 74.5 Å². The highest BCUT2D eigenvalue weighted by atomic mass is 16.2. The number of anilines is 2. The molecule has 192 valence electrons. The van der Waals surface area contributed by atoms with E-state index in [1.807, 2.05) is 56.3 Å². The van der Waals surface area contributed by atoms with E-state index >= 15 is 0 Å². The van der Waals surface area contributed by atoms with Gasteiger partial charge in [0.2, 0.25) is 11.7 Å². The van der Waals surface area contributed by atoms with Crippen LogP contribution in [0.15, 0.2) is 84.9 Å². The first-order chi connectivity index (χ1) is 17.7. The third kappa shape index (κ3) is 8.03. The zero-order valence-electron chi connectivity index (χ0n) is 20.9. The van der Waals surface area contributed by atoms with E-state index in [1.54, 1.807) is 42.5 Å². The lowest BCUT2D eigenvalue weighted by Gasteiger charge is -2.24. The lowest BCUT2D eigenvalue weighted by atomic mass is 9.99. The minimum atomic E-state index is -1.15. The molecule has 0 aliphatic rings. The van der Waals surface area contributed by atoms with Crippen LogP contribution < -0.4 is 21.7 Å². The average Bonchev–Trinajstić information content (AvgIpc) is 2.88. The number of hydrogen-bond donors (Lipinski definition) is 4. The summed E-state index contributed by atoms with van der Waals surface area (Å²) in [6.45, 7) is 3.85. The number of hydrogen-bond acceptors (Lipinski definition) is 5. The van der Waals surface area contributed by atoms with E-state index in [2.05, 4.69) is 16.0 Å². The van der Waals surface area contributed by atoms with Crippen LogP contribution in [0.1, 0.15) is 36.2 Å². The Kier molecular flexibility index (Phi) is 9.55. The smallest absolute Gasteiger partial charge is 0.287 e. The highest BCUT2D eigenvalue weighted by Gasteiger charge is 2.30. The van der Waals surface area contributed by atoms with Crippen molar-refractivity contribution in [2.75, 3.05) is 5.32 Å². The van der Waals surface area contributed by atoms with Crippen LogP contribution in [-0.4, -0.2) is 35.6 Å². The number of para-hydroxylation sites is 2. The van der Waals surface area contributed by atoms with Crippen molar-refractivity contribution in [3.63, 3.8) is 0 Å². The third-order valence-electron chi connectivity index (χ3n) is 5.71. The van der Waals surface area contributed by atoms with E-state index in [1.165, 1.54) is 0 Å². The number of rotatable bonds is 12. The molecule has 8 heteroatoms. The van der Waals surface area contributed by atoms with Crippen molar-refractivity contribution < 1.29 is 19.2 Å². The summed E-state index contributed by atoms with van der Waals surface area (Å²) in [7, 11) is 0. The third-order valence-corrected chi connectivity index (χ3v) is 5.71. The Morgan fingerprint density at radius 1 is 0.757 bits per heavy atom. The number of carbonyl (C=O) groups is 4. The molecular formula is C29H32N4O4. The number of primary amides is 1. The van der Waals surface area contributed by atoms with Gasteiger partial charge in [-0.3, -0.25) is 19.2 Å². The quantitative estimate of drug-likeness (QED) is 0.283. The Labute approximate surface area is 216 Å². The fourth-order valence-electron chi connectivity index (χ4n) is 3.91. The van der Waals surface area contributed by atoms with Crippen LogP contribution in [0.5, 0.6) is 0 Å². The van der Waals surface area contributed by atoms with Gasteiger partial charge in [-0.2, -0.15) is 0 Å². The molecule has 0 aliphatic carbocycles. The molecule has 5 N–H and O–H groups in total. The van der Waals surface area contributed by atoms with Crippen LogP contribution in [0, 0.1) is 5.92 Å². The zero-order valence-corrected chi connectivity index (χ0v) is 20.9. The van der Waals surface area contributed by atoms with Crippen LogP contribution in [-0.2, 0) is 20.8 Å². The molecule has 0 radical (unpaired) electrons. The largest absolute Gasteiger partial charge is 0.363 e. The number of nitrogens with one attached hydrogen (secondary N) is 3. The molecule has 37 heavy (non-hydrogen) atoms. The van der Waals surface area contributed by atoms with Gasteiger partial charge in [0.25, 0.3) is 11.8 Å². The highest BCUT2D eigenvalue weighted by Crippen LogP contribution is 2.21. The van der Waals surface area contributed by atoms with E-state index in [0.717, 1.165) is 11.3 Å². The summed E-state index contributed by atoms with van der Waals surface area (Å²) in [5.74, 6) is -2.98. The average molecular weight is 501 g/mol. The van der Waals surface area contributed by atoms with E-state index in [4.69, 9.17) is 5.73 Å². The Balaban J connectivity index is 1.79. The van der Waals surface area contributed by atoms with Gasteiger partial charge >= 0.3 is 0 Å². The molecule has 0 unspecified atom stereocenters. The molecule has 3 aromatic carbocycles. The van der Waals surface area contributed by atoms with Gasteiger partial charge < -0.3 is 21.7 Å². The van der Waals surface area contributed by atoms with E-state index in [9.17, 15) is 19.2 Å². The van der Waals surface area contributed by atoms with Gasteiger partial charge in [-0.25, -0.2) is 0 Å². The lowest BCUT2D eigenvalue weighted by molar-refractivity contribution is -0.138. The predicted octanol–water partition coefficient (Wildman–Crippen LogP) is 3.36. The maximum Gasteiger partial charge on any atom is 0.287 e. The molecule has 0 heterocycles. The Hall–Kier alpha value is -4.46. The lowest BCUT2D eigenvalue weighted by Crippen LogP contribution is -2.54. The number of Topliss-reactive ketones (excluding diaryl/α,β-unsaturated/α-hetero) is 1. The second-order valence-corrected chi connectivity index (χ2v) is 9.17. The van der Waals surface area contributed by atoms with Crippen LogP contribution in [0.4, 0.5) is 11.4 Å². The molecule has 0 fully saturated rings. The van der Waals surface area contributed by atoms with Gasteiger partial charge in [-0.05, 0) is 42.2 Å². The van der Waals surface area contributed by atoms with E-state index in [-0.39, 0.29) is 12.3 Å². The number of carbonyl (C=O) groups excluding carboxylic acids is 4. The molecule has 0 saturated heterocycles. The van der Waals surface area contributed by atoms with Gasteiger partial charge in [0.15, 0.2) is 0 Å². The van der Waals surface area contributed by atoms with Crippen molar-refractivity contribution >= 4 is 34.9 Å². The van der Waals surface area contributed by atoms with Gasteiger partial charge in [0, 0.05) is 12.1 Å². The number of ketones is 1. The molecule has 0 aromatic heterocycles. The predicted molar refractivity (Wildman–Crippen MR) is 143 cm³/mol. The summed E-state index contributed by atoms with van der Waals surface area (Å²) in [5.41, 5.74) is 7.76. The summed E-state index contributed by atoms with van der Waals surface area (Å²) in [4.78, 5) is 50.8. The Morgan fingerprint density at radius 3 is 1.97 bits per heavy atom. The fraction of sp³-hybridized carbons (Fsp3) is 0.241. The standard InChI is InChI=1S/C29H32N4O4/c1-19(2)17-25(29(37)32-24(26(34)27(30)35)18-20-11-5-3-6-12-20)33-28(36)22-15-9-10-16-23(22)31-21-13-7-4-8-14-21/h3-16,19,24-25,31H,17-18H2,1-2H3,(H2,30,35)(H,32,37)(H,33,36)/t24-,25-/m0/s1. The summed E-state index contributed by atoms with van der Waals surface area (Å²) in [5, 5.41) is 8.68. The van der Waals surface area contributed by atoms with Crippen LogP contribution in [0.3, 0.4) is 0 Å². The normalized spacial score (nSPS) is 12.3. The summed E-state index contributed by atoms with van der Waals surface area (Å²) >= 11 is 0. The SMILES string of the molecule is CC(C)C[C@H](NC(=O)c1ccccc1Nc1ccccc1)C(=O)N[C@@H](Cc1ccccc1)C(=O)C(N)=O. The zero-order chi connectivity index (χ0) is 26.8. The highest BCUT2D eigenvalue weighted by molar-refractivity contribution is 6.38. The van der Waals surface area contributed by atoms with E-state index in [0.29, 0.717) is 17.7 Å². The first kappa shape index (κ1) is 27.1. The topological polar surface area (TPSA) is 130 Å². The van der Waals surface area contributed by atoms with Gasteiger partial charge in [-0.15, -0.1) is 0 Å². The minimum absolute atomic E-state index is 0.0631. The monoisotopic (exact) mass is 500 g/mol. The number of nitrogens with two attached hydrogens (primary N) is 1. The van der Waals surface area contributed by atoms with Crippen LogP contribution >= 0.6 is 0 Å². The van der Waals surface area contributed by atoms with Crippen molar-refractivity contribution in [3.05, 3.63) is 96.1 Å². The molecule has 0 bridgehead atoms. The molecular weight excluding hydrogens is 468 g/mol. The molecule has 8 nitrogen and oxygen atoms in total. The van der Waals surface area contributed by atoms with Crippen molar-refractivity contribution in [1.82, 2.24) is 10.6 Å². The van der Waals surface area contributed by atoms with Crippen molar-refractivity contribution in [2.45, 2.75) is 38.8 Å².